The monoisotopic (exact) mass is 387 g/mol. The van der Waals surface area contributed by atoms with Crippen molar-refractivity contribution in [2.24, 2.45) is 0 Å². The molecule has 0 bridgehead atoms. The molecule has 1 saturated heterocycles. The summed E-state index contributed by atoms with van der Waals surface area (Å²) >= 11 is 0. The van der Waals surface area contributed by atoms with E-state index >= 15 is 0 Å². The van der Waals surface area contributed by atoms with Gasteiger partial charge in [-0.3, -0.25) is 4.57 Å². The summed E-state index contributed by atoms with van der Waals surface area (Å²) < 4.78 is 7.12. The van der Waals surface area contributed by atoms with Crippen LogP contribution in [0, 0.1) is 0 Å². The predicted octanol–water partition coefficient (Wildman–Crippen LogP) is -0.589. The van der Waals surface area contributed by atoms with E-state index in [0.29, 0.717) is 23.5 Å². The summed E-state index contributed by atoms with van der Waals surface area (Å²) in [4.78, 5) is 12.6. The molecule has 5 N–H and O–H groups in total. The molecule has 1 aromatic carbocycles. The van der Waals surface area contributed by atoms with Gasteiger partial charge in [0.2, 0.25) is 0 Å². The van der Waals surface area contributed by atoms with Crippen molar-refractivity contribution >= 4 is 17.0 Å². The molecule has 0 unspecified atom stereocenters. The lowest BCUT2D eigenvalue weighted by molar-refractivity contribution is -0.250. The van der Waals surface area contributed by atoms with Gasteiger partial charge in [-0.15, -0.1) is 0 Å². The molecule has 148 valence electrons. The van der Waals surface area contributed by atoms with Gasteiger partial charge in [-0.05, 0) is 5.56 Å². The van der Waals surface area contributed by atoms with Crippen LogP contribution in [0.4, 0.5) is 5.82 Å². The number of imidazole rings is 1. The van der Waals surface area contributed by atoms with Crippen molar-refractivity contribution in [1.82, 2.24) is 19.5 Å². The van der Waals surface area contributed by atoms with Crippen molar-refractivity contribution in [2.45, 2.75) is 37.2 Å². The third kappa shape index (κ3) is 3.32. The van der Waals surface area contributed by atoms with Gasteiger partial charge >= 0.3 is 0 Å². The molecule has 4 rings (SSSR count). The van der Waals surface area contributed by atoms with Gasteiger partial charge in [0.15, 0.2) is 17.7 Å². The van der Waals surface area contributed by atoms with Gasteiger partial charge in [-0.2, -0.15) is 0 Å². The average molecular weight is 387 g/mol. The van der Waals surface area contributed by atoms with E-state index in [9.17, 15) is 20.4 Å². The largest absolute Gasteiger partial charge is 0.394 e. The molecule has 0 saturated carbocycles. The van der Waals surface area contributed by atoms with Crippen molar-refractivity contribution in [3.63, 3.8) is 0 Å². The molecule has 1 fully saturated rings. The number of nitrogens with one attached hydrogen (secondary N) is 1. The zero-order valence-electron chi connectivity index (χ0n) is 14.8. The van der Waals surface area contributed by atoms with Gasteiger partial charge in [0.05, 0.1) is 6.61 Å². The zero-order chi connectivity index (χ0) is 19.7. The Kier molecular flexibility index (Phi) is 5.20. The molecule has 5 atom stereocenters. The van der Waals surface area contributed by atoms with Gasteiger partial charge in [0.25, 0.3) is 0 Å². The van der Waals surface area contributed by atoms with Crippen LogP contribution in [0.2, 0.25) is 0 Å². The lowest BCUT2D eigenvalue weighted by Crippen LogP contribution is -2.56. The molecule has 28 heavy (non-hydrogen) atoms. The fourth-order valence-corrected chi connectivity index (χ4v) is 3.29. The standard InChI is InChI=1S/C18H21N5O5/c24-7-11-13(25)14(26)15(27)18(28-11)23-9-22-17-12(23)16(20-8-21-17)19-6-10-4-2-1-3-5-10/h1-5,8-9,11,13-15,18,24-27H,6-7H2,(H,19,20,21)/t11-,13-,14+,15-,18+/m1/s1. The summed E-state index contributed by atoms with van der Waals surface area (Å²) in [6.45, 7) is -0.00347. The van der Waals surface area contributed by atoms with Crippen molar-refractivity contribution in [3.8, 4) is 0 Å². The second kappa shape index (κ2) is 7.78. The minimum atomic E-state index is -1.49. The highest BCUT2D eigenvalue weighted by Crippen LogP contribution is 2.32. The van der Waals surface area contributed by atoms with E-state index in [1.54, 1.807) is 0 Å². The van der Waals surface area contributed by atoms with Crippen LogP contribution < -0.4 is 5.32 Å². The second-order valence-electron chi connectivity index (χ2n) is 6.60. The minimum Gasteiger partial charge on any atom is -0.394 e. The van der Waals surface area contributed by atoms with E-state index in [0.717, 1.165) is 5.56 Å². The van der Waals surface area contributed by atoms with E-state index in [4.69, 9.17) is 4.74 Å². The number of ether oxygens (including phenoxy) is 1. The van der Waals surface area contributed by atoms with Crippen LogP contribution in [0.3, 0.4) is 0 Å². The summed E-state index contributed by atoms with van der Waals surface area (Å²) in [5.41, 5.74) is 1.90. The van der Waals surface area contributed by atoms with Crippen LogP contribution in [-0.4, -0.2) is 71.0 Å². The van der Waals surface area contributed by atoms with E-state index in [1.807, 2.05) is 30.3 Å². The second-order valence-corrected chi connectivity index (χ2v) is 6.60. The summed E-state index contributed by atoms with van der Waals surface area (Å²) in [6.07, 6.45) is -3.66. The maximum absolute atomic E-state index is 10.4. The number of hydrogen-bond acceptors (Lipinski definition) is 9. The molecule has 0 radical (unpaired) electrons. The van der Waals surface area contributed by atoms with Gasteiger partial charge in [0.1, 0.15) is 42.6 Å². The molecule has 3 heterocycles. The Morgan fingerprint density at radius 1 is 1.00 bits per heavy atom. The number of benzene rings is 1. The van der Waals surface area contributed by atoms with Crippen LogP contribution in [0.15, 0.2) is 43.0 Å². The third-order valence-electron chi connectivity index (χ3n) is 4.81. The molecule has 10 nitrogen and oxygen atoms in total. The maximum Gasteiger partial charge on any atom is 0.183 e. The average Bonchev–Trinajstić information content (AvgIpc) is 3.16. The number of aliphatic hydroxyl groups excluding tert-OH is 4. The lowest BCUT2D eigenvalue weighted by Gasteiger charge is -2.40. The number of nitrogens with zero attached hydrogens (tertiary/aromatic N) is 4. The maximum atomic E-state index is 10.4. The fourth-order valence-electron chi connectivity index (χ4n) is 3.29. The molecule has 3 aromatic rings. The molecule has 0 aliphatic carbocycles. The summed E-state index contributed by atoms with van der Waals surface area (Å²) in [7, 11) is 0. The first kappa shape index (κ1) is 18.7. The van der Waals surface area contributed by atoms with E-state index in [2.05, 4.69) is 20.3 Å². The first-order chi connectivity index (χ1) is 13.6. The third-order valence-corrected chi connectivity index (χ3v) is 4.81. The Morgan fingerprint density at radius 2 is 1.79 bits per heavy atom. The molecule has 0 spiro atoms. The number of aliphatic hydroxyl groups is 4. The van der Waals surface area contributed by atoms with Crippen LogP contribution in [-0.2, 0) is 11.3 Å². The topological polar surface area (TPSA) is 146 Å². The van der Waals surface area contributed by atoms with Gasteiger partial charge < -0.3 is 30.5 Å². The van der Waals surface area contributed by atoms with Gasteiger partial charge in [0, 0.05) is 6.54 Å². The Hall–Kier alpha value is -2.63. The van der Waals surface area contributed by atoms with Crippen molar-refractivity contribution < 1.29 is 25.2 Å². The number of hydrogen-bond donors (Lipinski definition) is 5. The van der Waals surface area contributed by atoms with Crippen LogP contribution in [0.5, 0.6) is 0 Å². The van der Waals surface area contributed by atoms with E-state index in [1.165, 1.54) is 17.2 Å². The molecular weight excluding hydrogens is 366 g/mol. The molecule has 1 aliphatic heterocycles. The Bertz CT molecular complexity index is 935. The quantitative estimate of drug-likeness (QED) is 0.388. The Morgan fingerprint density at radius 3 is 2.54 bits per heavy atom. The van der Waals surface area contributed by atoms with Gasteiger partial charge in [-0.25, -0.2) is 15.0 Å². The molecule has 0 amide bonds. The molecule has 1 aliphatic rings. The molecule has 10 heteroatoms. The van der Waals surface area contributed by atoms with Crippen molar-refractivity contribution in [1.29, 1.82) is 0 Å². The highest BCUT2D eigenvalue weighted by atomic mass is 16.6. The Balaban J connectivity index is 1.68. The summed E-state index contributed by atoms with van der Waals surface area (Å²) in [5, 5.41) is 43.1. The highest BCUT2D eigenvalue weighted by molar-refractivity contribution is 5.83. The summed E-state index contributed by atoms with van der Waals surface area (Å²) in [5.74, 6) is 0.475. The zero-order valence-corrected chi connectivity index (χ0v) is 14.8. The first-order valence-electron chi connectivity index (χ1n) is 8.86. The number of rotatable bonds is 5. The highest BCUT2D eigenvalue weighted by Gasteiger charge is 2.44. The van der Waals surface area contributed by atoms with Crippen LogP contribution >= 0.6 is 0 Å². The lowest BCUT2D eigenvalue weighted by atomic mass is 9.98. The van der Waals surface area contributed by atoms with Crippen molar-refractivity contribution in [2.75, 3.05) is 11.9 Å². The smallest absolute Gasteiger partial charge is 0.183 e. The SMILES string of the molecule is OC[C@H]1O[C@H](n2cnc3ncnc(NCc4ccccc4)c32)[C@H](O)[C@@H](O)[C@@H]1O. The molecular formula is C18H21N5O5. The summed E-state index contributed by atoms with van der Waals surface area (Å²) in [6, 6.07) is 9.75. The number of fused-ring (bicyclic) bond motifs is 1. The molecule has 2 aromatic heterocycles. The first-order valence-corrected chi connectivity index (χ1v) is 8.86. The van der Waals surface area contributed by atoms with Crippen LogP contribution in [0.1, 0.15) is 11.8 Å². The predicted molar refractivity (Wildman–Crippen MR) is 98.1 cm³/mol. The number of aromatic nitrogens is 4. The fraction of sp³-hybridized carbons (Fsp3) is 0.389. The van der Waals surface area contributed by atoms with E-state index in [-0.39, 0.29) is 0 Å². The Labute approximate surface area is 160 Å². The normalized spacial score (nSPS) is 27.8. The van der Waals surface area contributed by atoms with Crippen molar-refractivity contribution in [3.05, 3.63) is 48.5 Å². The minimum absolute atomic E-state index is 0.377. The van der Waals surface area contributed by atoms with Gasteiger partial charge in [-0.1, -0.05) is 30.3 Å². The number of anilines is 1. The van der Waals surface area contributed by atoms with Crippen LogP contribution in [0.25, 0.3) is 11.2 Å². The van der Waals surface area contributed by atoms with E-state index < -0.39 is 37.3 Å².